The van der Waals surface area contributed by atoms with Gasteiger partial charge in [0.15, 0.2) is 5.76 Å². The van der Waals surface area contributed by atoms with Crippen molar-refractivity contribution < 1.29 is 9.21 Å². The zero-order chi connectivity index (χ0) is 21.1. The third-order valence-corrected chi connectivity index (χ3v) is 6.90. The number of aryl methyl sites for hydroxylation is 2. The molecule has 4 rings (SSSR count). The van der Waals surface area contributed by atoms with E-state index in [9.17, 15) is 4.79 Å². The fourth-order valence-corrected chi connectivity index (χ4v) is 4.88. The van der Waals surface area contributed by atoms with Crippen LogP contribution in [0.3, 0.4) is 0 Å². The summed E-state index contributed by atoms with van der Waals surface area (Å²) in [6, 6.07) is 10.6. The van der Waals surface area contributed by atoms with Gasteiger partial charge in [-0.1, -0.05) is 19.1 Å². The summed E-state index contributed by atoms with van der Waals surface area (Å²) in [4.78, 5) is 17.3. The van der Waals surface area contributed by atoms with Crippen molar-refractivity contribution in [1.29, 1.82) is 0 Å². The molecule has 1 aliphatic heterocycles. The van der Waals surface area contributed by atoms with Gasteiger partial charge in [-0.3, -0.25) is 9.69 Å². The predicted molar refractivity (Wildman–Crippen MR) is 121 cm³/mol. The number of carbonyl (C=O) groups excluding carboxylic acids is 1. The van der Waals surface area contributed by atoms with Crippen molar-refractivity contribution in [2.45, 2.75) is 52.5 Å². The second-order valence-electron chi connectivity index (χ2n) is 8.95. The van der Waals surface area contributed by atoms with Gasteiger partial charge in [0.05, 0.1) is 0 Å². The first-order valence-electron chi connectivity index (χ1n) is 11.5. The maximum atomic E-state index is 12.2. The maximum Gasteiger partial charge on any atom is 0.287 e. The highest BCUT2D eigenvalue weighted by atomic mass is 16.3. The third kappa shape index (κ3) is 4.72. The Hall–Kier alpha value is -2.27. The van der Waals surface area contributed by atoms with E-state index in [4.69, 9.17) is 4.42 Å². The van der Waals surface area contributed by atoms with E-state index in [0.29, 0.717) is 11.8 Å². The Labute approximate surface area is 180 Å². The Morgan fingerprint density at radius 1 is 1.10 bits per heavy atom. The molecule has 1 N–H and O–H groups in total. The predicted octanol–water partition coefficient (Wildman–Crippen LogP) is 4.18. The Kier molecular flexibility index (Phi) is 6.47. The number of piperazine rings is 1. The van der Waals surface area contributed by atoms with Crippen LogP contribution in [0.2, 0.25) is 0 Å². The average Bonchev–Trinajstić information content (AvgIpc) is 3.16. The first-order valence-corrected chi connectivity index (χ1v) is 11.5. The molecule has 2 heterocycles. The van der Waals surface area contributed by atoms with Gasteiger partial charge in [0.2, 0.25) is 0 Å². The lowest BCUT2D eigenvalue weighted by atomic mass is 9.78. The monoisotopic (exact) mass is 409 g/mol. The first-order chi connectivity index (χ1) is 14.5. The van der Waals surface area contributed by atoms with Gasteiger partial charge in [0, 0.05) is 37.9 Å². The van der Waals surface area contributed by atoms with E-state index in [0.717, 1.165) is 57.1 Å². The molecule has 30 heavy (non-hydrogen) atoms. The molecule has 1 saturated heterocycles. The van der Waals surface area contributed by atoms with Crippen LogP contribution < -0.4 is 10.2 Å². The van der Waals surface area contributed by atoms with Crippen LogP contribution in [0, 0.1) is 19.8 Å². The highest BCUT2D eigenvalue weighted by Crippen LogP contribution is 2.31. The molecule has 5 heteroatoms. The van der Waals surface area contributed by atoms with Crippen LogP contribution in [0.1, 0.15) is 53.6 Å². The van der Waals surface area contributed by atoms with E-state index in [1.807, 2.05) is 13.0 Å². The molecular formula is C25H35N3O2. The number of amides is 1. The molecule has 1 aliphatic carbocycles. The molecule has 0 spiro atoms. The standard InChI is InChI=1S/C25H35N3O2/c1-4-21-6-5-7-23(19(21)3)28-14-12-27(13-15-28)11-10-20-16-22(17-20)26-25(29)24-9-8-18(2)30-24/h5-9,20,22H,4,10-17H2,1-3H3,(H,26,29). The summed E-state index contributed by atoms with van der Waals surface area (Å²) in [5.41, 5.74) is 4.32. The van der Waals surface area contributed by atoms with Crippen molar-refractivity contribution in [3.8, 4) is 0 Å². The highest BCUT2D eigenvalue weighted by molar-refractivity contribution is 5.91. The van der Waals surface area contributed by atoms with Crippen LogP contribution in [0.15, 0.2) is 34.7 Å². The van der Waals surface area contributed by atoms with Crippen LogP contribution >= 0.6 is 0 Å². The van der Waals surface area contributed by atoms with E-state index < -0.39 is 0 Å². The van der Waals surface area contributed by atoms with Crippen molar-refractivity contribution in [3.05, 3.63) is 53.0 Å². The number of rotatable bonds is 7. The lowest BCUT2D eigenvalue weighted by Crippen LogP contribution is -2.48. The number of furan rings is 1. The van der Waals surface area contributed by atoms with E-state index in [-0.39, 0.29) is 5.91 Å². The minimum Gasteiger partial charge on any atom is -0.456 e. The fourth-order valence-electron chi connectivity index (χ4n) is 4.88. The van der Waals surface area contributed by atoms with Gasteiger partial charge in [-0.25, -0.2) is 0 Å². The second-order valence-corrected chi connectivity index (χ2v) is 8.95. The molecule has 2 aliphatic rings. The zero-order valence-electron chi connectivity index (χ0n) is 18.6. The molecule has 2 aromatic rings. The van der Waals surface area contributed by atoms with Crippen LogP contribution in [-0.2, 0) is 6.42 Å². The van der Waals surface area contributed by atoms with Gasteiger partial charge in [-0.2, -0.15) is 0 Å². The summed E-state index contributed by atoms with van der Waals surface area (Å²) in [6.07, 6.45) is 4.52. The Balaban J connectivity index is 1.15. The lowest BCUT2D eigenvalue weighted by molar-refractivity contribution is 0.0848. The van der Waals surface area contributed by atoms with Crippen LogP contribution in [-0.4, -0.2) is 49.6 Å². The van der Waals surface area contributed by atoms with E-state index in [1.165, 1.54) is 29.8 Å². The van der Waals surface area contributed by atoms with Gasteiger partial charge in [0.1, 0.15) is 5.76 Å². The average molecular weight is 410 g/mol. The topological polar surface area (TPSA) is 48.7 Å². The third-order valence-electron chi connectivity index (χ3n) is 6.90. The van der Waals surface area contributed by atoms with Gasteiger partial charge in [0.25, 0.3) is 5.91 Å². The molecule has 0 unspecified atom stereocenters. The Morgan fingerprint density at radius 3 is 2.53 bits per heavy atom. The zero-order valence-corrected chi connectivity index (χ0v) is 18.6. The molecular weight excluding hydrogens is 374 g/mol. The number of nitrogens with zero attached hydrogens (tertiary/aromatic N) is 2. The summed E-state index contributed by atoms with van der Waals surface area (Å²) in [7, 11) is 0. The van der Waals surface area contributed by atoms with Gasteiger partial charge >= 0.3 is 0 Å². The molecule has 5 nitrogen and oxygen atoms in total. The molecule has 162 valence electrons. The summed E-state index contributed by atoms with van der Waals surface area (Å²) in [6.45, 7) is 12.0. The smallest absolute Gasteiger partial charge is 0.287 e. The summed E-state index contributed by atoms with van der Waals surface area (Å²) in [5.74, 6) is 1.86. The van der Waals surface area contributed by atoms with Gasteiger partial charge < -0.3 is 14.6 Å². The molecule has 1 saturated carbocycles. The molecule has 1 aromatic heterocycles. The van der Waals surface area contributed by atoms with E-state index >= 15 is 0 Å². The van der Waals surface area contributed by atoms with Crippen molar-refractivity contribution in [3.63, 3.8) is 0 Å². The number of carbonyl (C=O) groups is 1. The SMILES string of the molecule is CCc1cccc(N2CCN(CCC3CC(NC(=O)c4ccc(C)o4)C3)CC2)c1C. The molecule has 2 fully saturated rings. The van der Waals surface area contributed by atoms with E-state index in [1.54, 1.807) is 6.07 Å². The number of anilines is 1. The van der Waals surface area contributed by atoms with Crippen molar-refractivity contribution in [2.24, 2.45) is 5.92 Å². The molecule has 0 bridgehead atoms. The number of hydrogen-bond donors (Lipinski definition) is 1. The molecule has 0 radical (unpaired) electrons. The number of nitrogens with one attached hydrogen (secondary N) is 1. The van der Waals surface area contributed by atoms with Crippen LogP contribution in [0.25, 0.3) is 0 Å². The first kappa shape index (κ1) is 21.0. The number of hydrogen-bond acceptors (Lipinski definition) is 4. The van der Waals surface area contributed by atoms with Crippen LogP contribution in [0.5, 0.6) is 0 Å². The summed E-state index contributed by atoms with van der Waals surface area (Å²) >= 11 is 0. The maximum absolute atomic E-state index is 12.2. The molecule has 1 amide bonds. The van der Waals surface area contributed by atoms with Gasteiger partial charge in [-0.05, 0) is 81.3 Å². The minimum atomic E-state index is -0.0786. The van der Waals surface area contributed by atoms with Crippen molar-refractivity contribution >= 4 is 11.6 Å². The van der Waals surface area contributed by atoms with Crippen LogP contribution in [0.4, 0.5) is 5.69 Å². The van der Waals surface area contributed by atoms with Gasteiger partial charge in [-0.15, -0.1) is 0 Å². The van der Waals surface area contributed by atoms with Crippen molar-refractivity contribution in [2.75, 3.05) is 37.6 Å². The lowest BCUT2D eigenvalue weighted by Gasteiger charge is -2.40. The van der Waals surface area contributed by atoms with Crippen molar-refractivity contribution in [1.82, 2.24) is 10.2 Å². The molecule has 1 aromatic carbocycles. The Bertz CT molecular complexity index is 861. The molecule has 0 atom stereocenters. The largest absolute Gasteiger partial charge is 0.456 e. The normalized spacial score (nSPS) is 22.0. The quantitative estimate of drug-likeness (QED) is 0.745. The summed E-state index contributed by atoms with van der Waals surface area (Å²) < 4.78 is 5.41. The highest BCUT2D eigenvalue weighted by Gasteiger charge is 2.31. The fraction of sp³-hybridized carbons (Fsp3) is 0.560. The number of benzene rings is 1. The minimum absolute atomic E-state index is 0.0786. The second kappa shape index (κ2) is 9.25. The summed E-state index contributed by atoms with van der Waals surface area (Å²) in [5, 5.41) is 3.10. The Morgan fingerprint density at radius 2 is 1.87 bits per heavy atom. The van der Waals surface area contributed by atoms with E-state index in [2.05, 4.69) is 47.2 Å².